The fraction of sp³-hybridized carbons (Fsp3) is 0.333. The third-order valence-electron chi connectivity index (χ3n) is 2.22. The molecule has 110 valence electrons. The maximum absolute atomic E-state index is 12.0. The predicted molar refractivity (Wildman–Crippen MR) is 76.4 cm³/mol. The molecule has 20 heavy (non-hydrogen) atoms. The predicted octanol–water partition coefficient (Wildman–Crippen LogP) is 0.490. The summed E-state index contributed by atoms with van der Waals surface area (Å²) in [4.78, 5) is 23.5. The molecular formula is C12H17N3O4S. The van der Waals surface area contributed by atoms with Crippen LogP contribution in [0.15, 0.2) is 24.3 Å². The van der Waals surface area contributed by atoms with Gasteiger partial charge >= 0.3 is 0 Å². The highest BCUT2D eigenvalue weighted by Gasteiger charge is 2.13. The van der Waals surface area contributed by atoms with E-state index in [0.717, 1.165) is 0 Å². The topological polar surface area (TPSA) is 108 Å². The van der Waals surface area contributed by atoms with Gasteiger partial charge in [0.15, 0.2) is 0 Å². The quantitative estimate of drug-likeness (QED) is 0.573. The smallest absolute Gasteiger partial charge is 0.253 e. The number of nitrogens with one attached hydrogen (secondary N) is 3. The lowest BCUT2D eigenvalue weighted by molar-refractivity contribution is -0.115. The molecule has 0 saturated heterocycles. The second-order valence-electron chi connectivity index (χ2n) is 4.29. The molecule has 0 aromatic heterocycles. The standard InChI is InChI=1S/C12H17N3O4S/c1-8(2)14-12(17)9-5-3-4-6-10(9)15-11(16)7-13-20(18)19/h3-6,8,13H,7H2,1-2H3,(H,14,17)(H,15,16)(H,18,19). The van der Waals surface area contributed by atoms with Crippen LogP contribution in [0.3, 0.4) is 0 Å². The van der Waals surface area contributed by atoms with E-state index in [2.05, 4.69) is 15.4 Å². The zero-order valence-corrected chi connectivity index (χ0v) is 12.0. The van der Waals surface area contributed by atoms with Gasteiger partial charge in [-0.25, -0.2) is 8.93 Å². The van der Waals surface area contributed by atoms with Gasteiger partial charge in [-0.15, -0.1) is 0 Å². The summed E-state index contributed by atoms with van der Waals surface area (Å²) in [6.07, 6.45) is 0. The van der Waals surface area contributed by atoms with E-state index in [-0.39, 0.29) is 18.5 Å². The van der Waals surface area contributed by atoms with Crippen molar-refractivity contribution in [3.05, 3.63) is 29.8 Å². The van der Waals surface area contributed by atoms with Crippen molar-refractivity contribution in [2.75, 3.05) is 11.9 Å². The molecule has 0 radical (unpaired) electrons. The molecule has 1 aromatic carbocycles. The van der Waals surface area contributed by atoms with Gasteiger partial charge in [-0.05, 0) is 26.0 Å². The lowest BCUT2D eigenvalue weighted by atomic mass is 10.1. The van der Waals surface area contributed by atoms with E-state index in [1.54, 1.807) is 24.3 Å². The molecule has 1 atom stereocenters. The molecule has 0 bridgehead atoms. The molecule has 0 spiro atoms. The molecule has 0 saturated carbocycles. The maximum atomic E-state index is 12.0. The normalized spacial score (nSPS) is 12.0. The summed E-state index contributed by atoms with van der Waals surface area (Å²) in [5, 5.41) is 5.24. The summed E-state index contributed by atoms with van der Waals surface area (Å²) in [5.74, 6) is -0.813. The Bertz CT molecular complexity index is 519. The van der Waals surface area contributed by atoms with Crippen LogP contribution in [0.1, 0.15) is 24.2 Å². The Labute approximate surface area is 119 Å². The van der Waals surface area contributed by atoms with Crippen LogP contribution in [-0.2, 0) is 16.1 Å². The molecule has 0 fully saturated rings. The Balaban J connectivity index is 2.77. The van der Waals surface area contributed by atoms with E-state index in [0.29, 0.717) is 11.3 Å². The minimum Gasteiger partial charge on any atom is -0.350 e. The first-order valence-electron chi connectivity index (χ1n) is 5.94. The summed E-state index contributed by atoms with van der Waals surface area (Å²) < 4.78 is 21.0. The van der Waals surface area contributed by atoms with Crippen LogP contribution >= 0.6 is 0 Å². The molecule has 4 N–H and O–H groups in total. The number of anilines is 1. The zero-order chi connectivity index (χ0) is 15.1. The Morgan fingerprint density at radius 1 is 1.30 bits per heavy atom. The highest BCUT2D eigenvalue weighted by Crippen LogP contribution is 2.14. The minimum absolute atomic E-state index is 0.0234. The van der Waals surface area contributed by atoms with E-state index in [4.69, 9.17) is 4.55 Å². The highest BCUT2D eigenvalue weighted by molar-refractivity contribution is 7.77. The molecule has 0 aliphatic heterocycles. The third kappa shape index (κ3) is 5.47. The Morgan fingerprint density at radius 2 is 1.95 bits per heavy atom. The number of para-hydroxylation sites is 1. The summed E-state index contributed by atoms with van der Waals surface area (Å²) >= 11 is -2.26. The lowest BCUT2D eigenvalue weighted by Crippen LogP contribution is -2.32. The van der Waals surface area contributed by atoms with Crippen molar-refractivity contribution in [1.29, 1.82) is 0 Å². The average Bonchev–Trinajstić information content (AvgIpc) is 2.36. The van der Waals surface area contributed by atoms with Gasteiger partial charge in [0.05, 0.1) is 17.8 Å². The minimum atomic E-state index is -2.26. The van der Waals surface area contributed by atoms with Gasteiger partial charge in [-0.3, -0.25) is 14.1 Å². The van der Waals surface area contributed by atoms with Crippen molar-refractivity contribution < 1.29 is 18.4 Å². The molecular weight excluding hydrogens is 282 g/mol. The maximum Gasteiger partial charge on any atom is 0.253 e. The van der Waals surface area contributed by atoms with E-state index >= 15 is 0 Å². The molecule has 0 aliphatic rings. The van der Waals surface area contributed by atoms with Crippen molar-refractivity contribution in [1.82, 2.24) is 10.0 Å². The molecule has 1 unspecified atom stereocenters. The molecule has 0 aliphatic carbocycles. The van der Waals surface area contributed by atoms with Gasteiger partial charge in [0, 0.05) is 6.04 Å². The van der Waals surface area contributed by atoms with Crippen LogP contribution in [0.4, 0.5) is 5.69 Å². The second kappa shape index (κ2) is 7.73. The van der Waals surface area contributed by atoms with Gasteiger partial charge in [0.1, 0.15) is 0 Å². The van der Waals surface area contributed by atoms with Crippen molar-refractivity contribution >= 4 is 28.8 Å². The van der Waals surface area contributed by atoms with Gasteiger partial charge in [0.2, 0.25) is 17.2 Å². The van der Waals surface area contributed by atoms with Crippen molar-refractivity contribution in [3.63, 3.8) is 0 Å². The molecule has 8 heteroatoms. The van der Waals surface area contributed by atoms with Gasteiger partial charge < -0.3 is 10.6 Å². The fourth-order valence-corrected chi connectivity index (χ4v) is 1.71. The third-order valence-corrected chi connectivity index (χ3v) is 2.61. The Kier molecular flexibility index (Phi) is 6.29. The first kappa shape index (κ1) is 16.3. The van der Waals surface area contributed by atoms with Crippen LogP contribution in [-0.4, -0.2) is 33.2 Å². The molecule has 1 aromatic rings. The molecule has 2 amide bonds. The first-order chi connectivity index (χ1) is 9.40. The number of carbonyl (C=O) groups excluding carboxylic acids is 2. The van der Waals surface area contributed by atoms with Crippen LogP contribution in [0.25, 0.3) is 0 Å². The summed E-state index contributed by atoms with van der Waals surface area (Å²) in [5.41, 5.74) is 0.681. The van der Waals surface area contributed by atoms with Crippen LogP contribution in [0.2, 0.25) is 0 Å². The molecule has 7 nitrogen and oxygen atoms in total. The van der Waals surface area contributed by atoms with E-state index in [1.165, 1.54) is 0 Å². The first-order valence-corrected chi connectivity index (χ1v) is 7.05. The number of carbonyl (C=O) groups is 2. The van der Waals surface area contributed by atoms with Gasteiger partial charge in [-0.2, -0.15) is 0 Å². The molecule has 0 heterocycles. The zero-order valence-electron chi connectivity index (χ0n) is 11.2. The SMILES string of the molecule is CC(C)NC(=O)c1ccccc1NC(=O)CNS(=O)O. The number of benzene rings is 1. The van der Waals surface area contributed by atoms with E-state index in [1.807, 2.05) is 13.8 Å². The van der Waals surface area contributed by atoms with Crippen molar-refractivity contribution in [2.24, 2.45) is 0 Å². The van der Waals surface area contributed by atoms with Crippen molar-refractivity contribution in [3.8, 4) is 0 Å². The Morgan fingerprint density at radius 3 is 2.55 bits per heavy atom. The number of amides is 2. The van der Waals surface area contributed by atoms with E-state index < -0.39 is 17.2 Å². The lowest BCUT2D eigenvalue weighted by Gasteiger charge is -2.13. The average molecular weight is 299 g/mol. The molecule has 1 rings (SSSR count). The second-order valence-corrected chi connectivity index (χ2v) is 5.08. The summed E-state index contributed by atoms with van der Waals surface area (Å²) in [6, 6.07) is 6.52. The van der Waals surface area contributed by atoms with Gasteiger partial charge in [0.25, 0.3) is 5.91 Å². The Hall–Kier alpha value is -1.77. The summed E-state index contributed by atoms with van der Waals surface area (Å²) in [7, 11) is 0. The highest BCUT2D eigenvalue weighted by atomic mass is 32.2. The van der Waals surface area contributed by atoms with Gasteiger partial charge in [-0.1, -0.05) is 12.1 Å². The number of hydrogen-bond donors (Lipinski definition) is 4. The number of rotatable bonds is 6. The van der Waals surface area contributed by atoms with Crippen LogP contribution in [0, 0.1) is 0 Å². The van der Waals surface area contributed by atoms with Crippen LogP contribution in [0.5, 0.6) is 0 Å². The van der Waals surface area contributed by atoms with E-state index in [9.17, 15) is 13.8 Å². The van der Waals surface area contributed by atoms with Crippen LogP contribution < -0.4 is 15.4 Å². The summed E-state index contributed by atoms with van der Waals surface area (Å²) in [6.45, 7) is 3.34. The largest absolute Gasteiger partial charge is 0.350 e. The van der Waals surface area contributed by atoms with Crippen molar-refractivity contribution in [2.45, 2.75) is 19.9 Å². The number of hydrogen-bond acceptors (Lipinski definition) is 3. The monoisotopic (exact) mass is 299 g/mol. The fourth-order valence-electron chi connectivity index (χ4n) is 1.45.